The average Bonchev–Trinajstić information content (AvgIpc) is 2.75. The Morgan fingerprint density at radius 3 is 2.94 bits per heavy atom. The number of benzene rings is 1. The van der Waals surface area contributed by atoms with Crippen LogP contribution < -0.4 is 11.1 Å². The van der Waals surface area contributed by atoms with Crippen LogP contribution in [0, 0.1) is 6.92 Å². The number of nitrogens with one attached hydrogen (secondary N) is 2. The summed E-state index contributed by atoms with van der Waals surface area (Å²) >= 11 is 0. The van der Waals surface area contributed by atoms with E-state index >= 15 is 0 Å². The molecule has 0 radical (unpaired) electrons. The molecule has 0 aliphatic heterocycles. The Labute approximate surface area is 104 Å². The van der Waals surface area contributed by atoms with Crippen molar-refractivity contribution in [2.75, 3.05) is 5.73 Å². The summed E-state index contributed by atoms with van der Waals surface area (Å²) in [4.78, 5) is 11.9. The maximum Gasteiger partial charge on any atom is 0.251 e. The molecule has 0 aliphatic rings. The topological polar surface area (TPSA) is 104 Å². The highest BCUT2D eigenvalue weighted by Gasteiger charge is 2.08. The molecule has 0 aliphatic carbocycles. The zero-order valence-corrected chi connectivity index (χ0v) is 9.90. The van der Waals surface area contributed by atoms with Gasteiger partial charge in [-0.05, 0) is 30.7 Å². The molecular formula is C12H14N4O2. The smallest absolute Gasteiger partial charge is 0.251 e. The van der Waals surface area contributed by atoms with Gasteiger partial charge in [0.2, 0.25) is 0 Å². The van der Waals surface area contributed by atoms with Gasteiger partial charge in [-0.3, -0.25) is 9.89 Å². The van der Waals surface area contributed by atoms with Crippen LogP contribution in [0.4, 0.5) is 5.82 Å². The fourth-order valence-corrected chi connectivity index (χ4v) is 1.54. The summed E-state index contributed by atoms with van der Waals surface area (Å²) in [5.74, 6) is 0.390. The van der Waals surface area contributed by atoms with Crippen molar-refractivity contribution >= 4 is 11.7 Å². The van der Waals surface area contributed by atoms with Crippen molar-refractivity contribution in [3.8, 4) is 5.75 Å². The summed E-state index contributed by atoms with van der Waals surface area (Å²) < 4.78 is 0. The van der Waals surface area contributed by atoms with Crippen LogP contribution in [0.25, 0.3) is 0 Å². The molecule has 6 nitrogen and oxygen atoms in total. The molecule has 1 heterocycles. The van der Waals surface area contributed by atoms with E-state index < -0.39 is 0 Å². The number of aromatic nitrogens is 2. The van der Waals surface area contributed by atoms with Gasteiger partial charge in [0, 0.05) is 17.7 Å². The van der Waals surface area contributed by atoms with Gasteiger partial charge in [0.05, 0.1) is 6.20 Å². The number of anilines is 1. The number of nitrogens with zero attached hydrogens (tertiary/aromatic N) is 1. The normalized spacial score (nSPS) is 10.3. The molecule has 2 rings (SSSR count). The number of phenols is 1. The number of hydrogen-bond acceptors (Lipinski definition) is 4. The van der Waals surface area contributed by atoms with Gasteiger partial charge in [-0.1, -0.05) is 0 Å². The number of aryl methyl sites for hydroxylation is 1. The van der Waals surface area contributed by atoms with E-state index in [0.29, 0.717) is 23.5 Å². The molecule has 0 saturated heterocycles. The van der Waals surface area contributed by atoms with E-state index in [4.69, 9.17) is 5.73 Å². The predicted molar refractivity (Wildman–Crippen MR) is 67.0 cm³/mol. The summed E-state index contributed by atoms with van der Waals surface area (Å²) in [7, 11) is 0. The first-order valence-electron chi connectivity index (χ1n) is 5.43. The molecule has 94 valence electrons. The zero-order chi connectivity index (χ0) is 13.1. The summed E-state index contributed by atoms with van der Waals surface area (Å²) in [6.07, 6.45) is 1.57. The Balaban J connectivity index is 2.04. The first kappa shape index (κ1) is 12.0. The van der Waals surface area contributed by atoms with Crippen molar-refractivity contribution in [1.29, 1.82) is 0 Å². The van der Waals surface area contributed by atoms with Crippen LogP contribution in [0.1, 0.15) is 21.5 Å². The Bertz CT molecular complexity index is 577. The van der Waals surface area contributed by atoms with Crippen LogP contribution in [-0.4, -0.2) is 21.2 Å². The number of hydrogen-bond donors (Lipinski definition) is 4. The number of nitrogens with two attached hydrogens (primary N) is 1. The molecule has 6 heteroatoms. The first-order chi connectivity index (χ1) is 8.58. The number of nitrogen functional groups attached to an aromatic ring is 1. The number of H-pyrrole nitrogens is 1. The predicted octanol–water partition coefficient (Wildman–Crippen LogP) is 0.936. The highest BCUT2D eigenvalue weighted by Crippen LogP contribution is 2.17. The number of phenolic OH excluding ortho intramolecular Hbond substituents is 1. The maximum atomic E-state index is 11.9. The molecule has 0 unspecified atom stereocenters. The lowest BCUT2D eigenvalue weighted by molar-refractivity contribution is 0.0951. The Hall–Kier alpha value is -2.50. The number of amides is 1. The fourth-order valence-electron chi connectivity index (χ4n) is 1.54. The van der Waals surface area contributed by atoms with E-state index in [1.807, 2.05) is 0 Å². The Morgan fingerprint density at radius 2 is 2.33 bits per heavy atom. The lowest BCUT2D eigenvalue weighted by atomic mass is 10.1. The molecule has 1 aromatic heterocycles. The van der Waals surface area contributed by atoms with Gasteiger partial charge in [0.15, 0.2) is 0 Å². The Morgan fingerprint density at radius 1 is 1.56 bits per heavy atom. The molecule has 18 heavy (non-hydrogen) atoms. The third-order valence-corrected chi connectivity index (χ3v) is 2.65. The molecule has 0 fully saturated rings. The Kier molecular flexibility index (Phi) is 3.18. The average molecular weight is 246 g/mol. The van der Waals surface area contributed by atoms with E-state index in [0.717, 1.165) is 5.56 Å². The van der Waals surface area contributed by atoms with Crippen LogP contribution in [0.15, 0.2) is 24.4 Å². The summed E-state index contributed by atoms with van der Waals surface area (Å²) in [6.45, 7) is 2.04. The van der Waals surface area contributed by atoms with Gasteiger partial charge in [-0.25, -0.2) is 0 Å². The molecule has 0 saturated carbocycles. The monoisotopic (exact) mass is 246 g/mol. The van der Waals surface area contributed by atoms with Crippen LogP contribution in [0.3, 0.4) is 0 Å². The van der Waals surface area contributed by atoms with E-state index in [1.54, 1.807) is 25.3 Å². The molecule has 1 amide bonds. The number of aromatic hydroxyl groups is 1. The molecule has 0 spiro atoms. The van der Waals surface area contributed by atoms with Crippen molar-refractivity contribution in [3.63, 3.8) is 0 Å². The summed E-state index contributed by atoms with van der Waals surface area (Å²) in [5.41, 5.74) is 7.49. The van der Waals surface area contributed by atoms with Crippen molar-refractivity contribution in [1.82, 2.24) is 15.5 Å². The van der Waals surface area contributed by atoms with Gasteiger partial charge in [-0.15, -0.1) is 0 Å². The summed E-state index contributed by atoms with van der Waals surface area (Å²) in [5, 5.41) is 18.5. The highest BCUT2D eigenvalue weighted by atomic mass is 16.3. The molecular weight excluding hydrogens is 232 g/mol. The quantitative estimate of drug-likeness (QED) is 0.646. The number of aromatic amines is 1. The van der Waals surface area contributed by atoms with Gasteiger partial charge in [0.25, 0.3) is 5.91 Å². The molecule has 2 aromatic rings. The lowest BCUT2D eigenvalue weighted by Crippen LogP contribution is -2.23. The van der Waals surface area contributed by atoms with Crippen LogP contribution in [0.5, 0.6) is 5.75 Å². The minimum atomic E-state index is -0.223. The van der Waals surface area contributed by atoms with Crippen molar-refractivity contribution in [2.45, 2.75) is 13.5 Å². The molecule has 0 bridgehead atoms. The molecule has 0 atom stereocenters. The van der Waals surface area contributed by atoms with E-state index in [-0.39, 0.29) is 11.7 Å². The van der Waals surface area contributed by atoms with Gasteiger partial charge < -0.3 is 16.2 Å². The van der Waals surface area contributed by atoms with E-state index in [9.17, 15) is 9.90 Å². The molecule has 5 N–H and O–H groups in total. The van der Waals surface area contributed by atoms with Gasteiger partial charge in [-0.2, -0.15) is 5.10 Å². The third-order valence-electron chi connectivity index (χ3n) is 2.65. The third kappa shape index (κ3) is 2.42. The molecule has 1 aromatic carbocycles. The van der Waals surface area contributed by atoms with E-state index in [2.05, 4.69) is 15.5 Å². The van der Waals surface area contributed by atoms with Crippen molar-refractivity contribution in [3.05, 3.63) is 41.1 Å². The minimum Gasteiger partial charge on any atom is -0.508 e. The van der Waals surface area contributed by atoms with Gasteiger partial charge >= 0.3 is 0 Å². The second-order valence-corrected chi connectivity index (χ2v) is 3.99. The van der Waals surface area contributed by atoms with Gasteiger partial charge in [0.1, 0.15) is 11.6 Å². The van der Waals surface area contributed by atoms with Crippen LogP contribution >= 0.6 is 0 Å². The largest absolute Gasteiger partial charge is 0.508 e. The standard InChI is InChI=1S/C12H14N4O2/c1-7-4-8(2-3-10(7)17)12(18)14-5-9-6-15-16-11(9)13/h2-4,6,17H,5H2,1H3,(H,14,18)(H3,13,15,16). The number of rotatable bonds is 3. The van der Waals surface area contributed by atoms with Crippen molar-refractivity contribution < 1.29 is 9.90 Å². The van der Waals surface area contributed by atoms with Crippen LogP contribution in [0.2, 0.25) is 0 Å². The first-order valence-corrected chi connectivity index (χ1v) is 5.43. The fraction of sp³-hybridized carbons (Fsp3) is 0.167. The minimum absolute atomic E-state index is 0.172. The van der Waals surface area contributed by atoms with Crippen molar-refractivity contribution in [2.24, 2.45) is 0 Å². The number of carbonyl (C=O) groups excluding carboxylic acids is 1. The summed E-state index contributed by atoms with van der Waals surface area (Å²) in [6, 6.07) is 4.69. The highest BCUT2D eigenvalue weighted by molar-refractivity contribution is 5.94. The zero-order valence-electron chi connectivity index (χ0n) is 9.90. The maximum absolute atomic E-state index is 11.9. The number of carbonyl (C=O) groups is 1. The van der Waals surface area contributed by atoms with E-state index in [1.165, 1.54) is 6.07 Å². The lowest BCUT2D eigenvalue weighted by Gasteiger charge is -2.06. The second kappa shape index (κ2) is 4.79. The van der Waals surface area contributed by atoms with Crippen LogP contribution in [-0.2, 0) is 6.54 Å². The second-order valence-electron chi connectivity index (χ2n) is 3.99. The SMILES string of the molecule is Cc1cc(C(=O)NCc2cn[nH]c2N)ccc1O.